The van der Waals surface area contributed by atoms with E-state index in [0.717, 1.165) is 11.1 Å². The number of hydrogen-bond donors (Lipinski definition) is 2. The van der Waals surface area contributed by atoms with Gasteiger partial charge in [-0.05, 0) is 41.8 Å². The number of aromatic hydroxyl groups is 1. The number of phenolic OH excluding ortho intramolecular Hbond substituents is 1. The Morgan fingerprint density at radius 1 is 1.10 bits per heavy atom. The van der Waals surface area contributed by atoms with E-state index in [1.165, 1.54) is 12.1 Å². The summed E-state index contributed by atoms with van der Waals surface area (Å²) in [6.45, 7) is 0.419. The van der Waals surface area contributed by atoms with Crippen molar-refractivity contribution in [1.82, 2.24) is 5.32 Å². The summed E-state index contributed by atoms with van der Waals surface area (Å²) in [5.41, 5.74) is 1.73. The molecule has 0 heterocycles. The van der Waals surface area contributed by atoms with Crippen LogP contribution in [0.5, 0.6) is 5.75 Å². The number of benzene rings is 2. The van der Waals surface area contributed by atoms with Crippen LogP contribution in [0.4, 0.5) is 4.39 Å². The van der Waals surface area contributed by atoms with E-state index in [2.05, 4.69) is 5.32 Å². The van der Waals surface area contributed by atoms with Crippen molar-refractivity contribution >= 4 is 5.91 Å². The van der Waals surface area contributed by atoms with E-state index in [1.54, 1.807) is 36.4 Å². The maximum Gasteiger partial charge on any atom is 0.220 e. The molecule has 3 nitrogen and oxygen atoms in total. The molecule has 20 heavy (non-hydrogen) atoms. The molecule has 0 radical (unpaired) electrons. The van der Waals surface area contributed by atoms with Gasteiger partial charge in [-0.3, -0.25) is 4.79 Å². The Bertz CT molecular complexity index is 581. The van der Waals surface area contributed by atoms with Gasteiger partial charge in [-0.15, -0.1) is 0 Å². The van der Waals surface area contributed by atoms with Crippen molar-refractivity contribution in [2.45, 2.75) is 19.4 Å². The lowest BCUT2D eigenvalue weighted by atomic mass is 10.1. The number of carbonyl (C=O) groups excluding carboxylic acids is 1. The van der Waals surface area contributed by atoms with Crippen LogP contribution in [0.2, 0.25) is 0 Å². The van der Waals surface area contributed by atoms with Crippen LogP contribution in [0.1, 0.15) is 17.5 Å². The number of carbonyl (C=O) groups is 1. The third-order valence-corrected chi connectivity index (χ3v) is 2.96. The second kappa shape index (κ2) is 6.70. The molecule has 104 valence electrons. The molecule has 0 aliphatic carbocycles. The van der Waals surface area contributed by atoms with E-state index in [-0.39, 0.29) is 17.5 Å². The molecule has 0 saturated heterocycles. The summed E-state index contributed by atoms with van der Waals surface area (Å²) in [5.74, 6) is -0.166. The summed E-state index contributed by atoms with van der Waals surface area (Å²) < 4.78 is 13.0. The molecule has 0 bridgehead atoms. The van der Waals surface area contributed by atoms with E-state index in [4.69, 9.17) is 5.11 Å². The van der Waals surface area contributed by atoms with Gasteiger partial charge >= 0.3 is 0 Å². The van der Waals surface area contributed by atoms with Crippen LogP contribution in [0, 0.1) is 5.82 Å². The van der Waals surface area contributed by atoms with Crippen LogP contribution in [0.25, 0.3) is 0 Å². The average molecular weight is 273 g/mol. The van der Waals surface area contributed by atoms with Crippen LogP contribution in [0.3, 0.4) is 0 Å². The molecule has 0 aliphatic rings. The van der Waals surface area contributed by atoms with E-state index >= 15 is 0 Å². The predicted octanol–water partition coefficient (Wildman–Crippen LogP) is 2.78. The predicted molar refractivity (Wildman–Crippen MR) is 74.7 cm³/mol. The lowest BCUT2D eigenvalue weighted by molar-refractivity contribution is -0.121. The highest BCUT2D eigenvalue weighted by Crippen LogP contribution is 2.09. The number of amides is 1. The minimum absolute atomic E-state index is 0.0812. The molecule has 0 spiro atoms. The SMILES string of the molecule is O=C(CCc1cccc(F)c1)NCc1ccc(O)cc1. The second-order valence-corrected chi connectivity index (χ2v) is 4.57. The summed E-state index contributed by atoms with van der Waals surface area (Å²) in [4.78, 5) is 11.7. The summed E-state index contributed by atoms with van der Waals surface area (Å²) in [7, 11) is 0. The smallest absolute Gasteiger partial charge is 0.220 e. The van der Waals surface area contributed by atoms with Gasteiger partial charge in [0.05, 0.1) is 0 Å². The Balaban J connectivity index is 1.77. The van der Waals surface area contributed by atoms with Crippen LogP contribution in [-0.2, 0) is 17.8 Å². The molecule has 0 aromatic heterocycles. The first-order valence-electron chi connectivity index (χ1n) is 6.42. The fraction of sp³-hybridized carbons (Fsp3) is 0.188. The maximum atomic E-state index is 13.0. The van der Waals surface area contributed by atoms with E-state index < -0.39 is 0 Å². The van der Waals surface area contributed by atoms with Gasteiger partial charge in [0.15, 0.2) is 0 Å². The van der Waals surface area contributed by atoms with Crippen molar-refractivity contribution < 1.29 is 14.3 Å². The summed E-state index contributed by atoms with van der Waals surface area (Å²) in [6, 6.07) is 12.9. The minimum atomic E-state index is -0.285. The molecule has 0 atom stereocenters. The van der Waals surface area contributed by atoms with Crippen molar-refractivity contribution in [2.24, 2.45) is 0 Å². The first kappa shape index (κ1) is 14.1. The van der Waals surface area contributed by atoms with Gasteiger partial charge < -0.3 is 10.4 Å². The van der Waals surface area contributed by atoms with Gasteiger partial charge in [0.25, 0.3) is 0 Å². The molecule has 4 heteroatoms. The fourth-order valence-corrected chi connectivity index (χ4v) is 1.85. The van der Waals surface area contributed by atoms with Crippen LogP contribution in [0.15, 0.2) is 48.5 Å². The van der Waals surface area contributed by atoms with Crippen molar-refractivity contribution in [2.75, 3.05) is 0 Å². The molecule has 1 amide bonds. The Kier molecular flexibility index (Phi) is 4.71. The van der Waals surface area contributed by atoms with E-state index in [1.807, 2.05) is 0 Å². The van der Waals surface area contributed by atoms with Crippen LogP contribution in [-0.4, -0.2) is 11.0 Å². The van der Waals surface area contributed by atoms with Crippen molar-refractivity contribution in [3.63, 3.8) is 0 Å². The van der Waals surface area contributed by atoms with Crippen LogP contribution < -0.4 is 5.32 Å². The molecule has 2 aromatic rings. The Morgan fingerprint density at radius 3 is 2.55 bits per heavy atom. The first-order valence-corrected chi connectivity index (χ1v) is 6.42. The molecule has 2 aromatic carbocycles. The zero-order chi connectivity index (χ0) is 14.4. The third kappa shape index (κ3) is 4.39. The largest absolute Gasteiger partial charge is 0.508 e. The molecule has 0 aliphatic heterocycles. The molecule has 0 fully saturated rings. The normalized spacial score (nSPS) is 10.2. The minimum Gasteiger partial charge on any atom is -0.508 e. The van der Waals surface area contributed by atoms with Crippen molar-refractivity contribution in [3.8, 4) is 5.75 Å². The lowest BCUT2D eigenvalue weighted by Gasteiger charge is -2.06. The lowest BCUT2D eigenvalue weighted by Crippen LogP contribution is -2.22. The Morgan fingerprint density at radius 2 is 1.85 bits per heavy atom. The number of hydrogen-bond acceptors (Lipinski definition) is 2. The molecule has 0 unspecified atom stereocenters. The summed E-state index contributed by atoms with van der Waals surface area (Å²) in [5, 5.41) is 11.9. The second-order valence-electron chi connectivity index (χ2n) is 4.57. The third-order valence-electron chi connectivity index (χ3n) is 2.96. The number of phenols is 1. The summed E-state index contributed by atoms with van der Waals surface area (Å²) >= 11 is 0. The van der Waals surface area contributed by atoms with Gasteiger partial charge in [0, 0.05) is 13.0 Å². The van der Waals surface area contributed by atoms with Gasteiger partial charge in [-0.25, -0.2) is 4.39 Å². The van der Waals surface area contributed by atoms with E-state index in [9.17, 15) is 9.18 Å². The van der Waals surface area contributed by atoms with Gasteiger partial charge in [-0.1, -0.05) is 24.3 Å². The maximum absolute atomic E-state index is 13.0. The zero-order valence-electron chi connectivity index (χ0n) is 11.0. The topological polar surface area (TPSA) is 49.3 Å². The van der Waals surface area contributed by atoms with E-state index in [0.29, 0.717) is 19.4 Å². The van der Waals surface area contributed by atoms with Crippen LogP contribution >= 0.6 is 0 Å². The van der Waals surface area contributed by atoms with Gasteiger partial charge in [0.2, 0.25) is 5.91 Å². The number of nitrogens with one attached hydrogen (secondary N) is 1. The first-order chi connectivity index (χ1) is 9.63. The Labute approximate surface area is 117 Å². The Hall–Kier alpha value is -2.36. The summed E-state index contributed by atoms with van der Waals surface area (Å²) in [6.07, 6.45) is 0.834. The quantitative estimate of drug-likeness (QED) is 0.880. The highest BCUT2D eigenvalue weighted by atomic mass is 19.1. The number of halogens is 1. The molecule has 0 saturated carbocycles. The molecule has 2 rings (SSSR count). The zero-order valence-corrected chi connectivity index (χ0v) is 11.0. The van der Waals surface area contributed by atoms with Gasteiger partial charge in [-0.2, -0.15) is 0 Å². The average Bonchev–Trinajstić information content (AvgIpc) is 2.45. The molecular formula is C16H16FNO2. The van der Waals surface area contributed by atoms with Crippen molar-refractivity contribution in [3.05, 3.63) is 65.5 Å². The standard InChI is InChI=1S/C16H16FNO2/c17-14-3-1-2-12(10-14)6-9-16(20)18-11-13-4-7-15(19)8-5-13/h1-5,7-8,10,19H,6,9,11H2,(H,18,20). The molecular weight excluding hydrogens is 257 g/mol. The van der Waals surface area contributed by atoms with Crippen molar-refractivity contribution in [1.29, 1.82) is 0 Å². The highest BCUT2D eigenvalue weighted by molar-refractivity contribution is 5.76. The number of aryl methyl sites for hydroxylation is 1. The number of rotatable bonds is 5. The van der Waals surface area contributed by atoms with Gasteiger partial charge in [0.1, 0.15) is 11.6 Å². The fourth-order valence-electron chi connectivity index (χ4n) is 1.85. The molecule has 2 N–H and O–H groups in total. The monoisotopic (exact) mass is 273 g/mol. The highest BCUT2D eigenvalue weighted by Gasteiger charge is 2.03.